The molecule has 0 aliphatic carbocycles. The van der Waals surface area contributed by atoms with Gasteiger partial charge in [0.25, 0.3) is 0 Å². The van der Waals surface area contributed by atoms with Gasteiger partial charge in [0.05, 0.1) is 19.9 Å². The van der Waals surface area contributed by atoms with Crippen molar-refractivity contribution >= 4 is 11.6 Å². The van der Waals surface area contributed by atoms with E-state index in [0.717, 1.165) is 34.9 Å². The van der Waals surface area contributed by atoms with Crippen LogP contribution >= 0.6 is 11.6 Å². The van der Waals surface area contributed by atoms with Crippen LogP contribution in [0.1, 0.15) is 17.5 Å². The average molecular weight is 280 g/mol. The minimum absolute atomic E-state index is 0.603. The molecule has 0 saturated carbocycles. The molecule has 0 fully saturated rings. The molecule has 1 aromatic carbocycles. The zero-order chi connectivity index (χ0) is 13.7. The Kier molecular flexibility index (Phi) is 4.82. The highest BCUT2D eigenvalue weighted by Gasteiger charge is 2.12. The second-order valence-corrected chi connectivity index (χ2v) is 4.73. The van der Waals surface area contributed by atoms with Crippen LogP contribution in [0.4, 0.5) is 0 Å². The number of methoxy groups -OCH3 is 1. The standard InChI is InChI=1S/C14H18ClN3O/c1-19-14-11(6-4-8-16)9-17-18(14)10-12-5-2-3-7-13(12)15/h2-3,5,7,9H,4,6,8,10,16H2,1H3. The maximum atomic E-state index is 6.16. The van der Waals surface area contributed by atoms with Crippen LogP contribution < -0.4 is 10.5 Å². The van der Waals surface area contributed by atoms with E-state index >= 15 is 0 Å². The van der Waals surface area contributed by atoms with Crippen LogP contribution in [0.5, 0.6) is 5.88 Å². The maximum Gasteiger partial charge on any atom is 0.215 e. The number of benzene rings is 1. The van der Waals surface area contributed by atoms with Crippen molar-refractivity contribution < 1.29 is 4.74 Å². The van der Waals surface area contributed by atoms with E-state index in [1.54, 1.807) is 7.11 Å². The van der Waals surface area contributed by atoms with Crippen molar-refractivity contribution in [2.75, 3.05) is 13.7 Å². The minimum atomic E-state index is 0.603. The lowest BCUT2D eigenvalue weighted by Crippen LogP contribution is -2.06. The lowest BCUT2D eigenvalue weighted by atomic mass is 10.2. The van der Waals surface area contributed by atoms with Gasteiger partial charge in [0.2, 0.25) is 5.88 Å². The molecule has 102 valence electrons. The molecular weight excluding hydrogens is 262 g/mol. The summed E-state index contributed by atoms with van der Waals surface area (Å²) in [6.45, 7) is 1.27. The largest absolute Gasteiger partial charge is 0.481 e. The molecule has 1 aromatic heterocycles. The molecule has 0 amide bonds. The van der Waals surface area contributed by atoms with E-state index in [9.17, 15) is 0 Å². The van der Waals surface area contributed by atoms with Crippen LogP contribution in [0.3, 0.4) is 0 Å². The van der Waals surface area contributed by atoms with Crippen LogP contribution in [-0.2, 0) is 13.0 Å². The number of nitrogens with two attached hydrogens (primary N) is 1. The van der Waals surface area contributed by atoms with Gasteiger partial charge in [0.1, 0.15) is 0 Å². The summed E-state index contributed by atoms with van der Waals surface area (Å²) < 4.78 is 7.27. The van der Waals surface area contributed by atoms with Crippen molar-refractivity contribution in [3.05, 3.63) is 46.6 Å². The van der Waals surface area contributed by atoms with Crippen LogP contribution in [0.2, 0.25) is 5.02 Å². The molecule has 0 unspecified atom stereocenters. The third-order valence-electron chi connectivity index (χ3n) is 2.98. The fraction of sp³-hybridized carbons (Fsp3) is 0.357. The van der Waals surface area contributed by atoms with Crippen molar-refractivity contribution in [3.8, 4) is 5.88 Å². The molecule has 5 heteroatoms. The highest BCUT2D eigenvalue weighted by Crippen LogP contribution is 2.23. The predicted octanol–water partition coefficient (Wildman–Crippen LogP) is 2.48. The predicted molar refractivity (Wildman–Crippen MR) is 76.7 cm³/mol. The maximum absolute atomic E-state index is 6.16. The Balaban J connectivity index is 2.21. The number of ether oxygens (including phenoxy) is 1. The van der Waals surface area contributed by atoms with Gasteiger partial charge in [-0.05, 0) is 31.0 Å². The normalized spacial score (nSPS) is 10.7. The number of rotatable bonds is 6. The van der Waals surface area contributed by atoms with E-state index in [1.165, 1.54) is 0 Å². The molecule has 0 atom stereocenters. The van der Waals surface area contributed by atoms with E-state index in [2.05, 4.69) is 5.10 Å². The molecule has 0 aliphatic rings. The summed E-state index contributed by atoms with van der Waals surface area (Å²) in [6, 6.07) is 7.75. The Morgan fingerprint density at radius 1 is 1.32 bits per heavy atom. The highest BCUT2D eigenvalue weighted by atomic mass is 35.5. The van der Waals surface area contributed by atoms with E-state index in [4.69, 9.17) is 22.1 Å². The molecule has 0 bridgehead atoms. The van der Waals surface area contributed by atoms with Crippen molar-refractivity contribution in [2.45, 2.75) is 19.4 Å². The lowest BCUT2D eigenvalue weighted by molar-refractivity contribution is 0.362. The van der Waals surface area contributed by atoms with Gasteiger partial charge in [-0.1, -0.05) is 29.8 Å². The summed E-state index contributed by atoms with van der Waals surface area (Å²) in [5, 5.41) is 5.11. The first kappa shape index (κ1) is 13.9. The number of hydrogen-bond donors (Lipinski definition) is 1. The van der Waals surface area contributed by atoms with Gasteiger partial charge in [0.15, 0.2) is 0 Å². The second-order valence-electron chi connectivity index (χ2n) is 4.32. The number of aryl methyl sites for hydroxylation is 1. The van der Waals surface area contributed by atoms with Crippen molar-refractivity contribution in [2.24, 2.45) is 5.73 Å². The van der Waals surface area contributed by atoms with E-state index in [0.29, 0.717) is 13.1 Å². The van der Waals surface area contributed by atoms with Gasteiger partial charge in [-0.15, -0.1) is 0 Å². The van der Waals surface area contributed by atoms with Gasteiger partial charge < -0.3 is 10.5 Å². The van der Waals surface area contributed by atoms with Gasteiger partial charge in [-0.2, -0.15) is 5.10 Å². The molecule has 2 rings (SSSR count). The van der Waals surface area contributed by atoms with Crippen molar-refractivity contribution in [1.29, 1.82) is 0 Å². The van der Waals surface area contributed by atoms with E-state index in [-0.39, 0.29) is 0 Å². The molecule has 2 N–H and O–H groups in total. The van der Waals surface area contributed by atoms with Crippen LogP contribution in [0.15, 0.2) is 30.5 Å². The SMILES string of the molecule is COc1c(CCCN)cnn1Cc1ccccc1Cl. The Labute approximate surface area is 118 Å². The average Bonchev–Trinajstić information content (AvgIpc) is 2.81. The van der Waals surface area contributed by atoms with Crippen LogP contribution in [0.25, 0.3) is 0 Å². The number of aromatic nitrogens is 2. The van der Waals surface area contributed by atoms with E-state index in [1.807, 2.05) is 35.1 Å². The topological polar surface area (TPSA) is 53.1 Å². The quantitative estimate of drug-likeness (QED) is 0.884. The zero-order valence-corrected chi connectivity index (χ0v) is 11.7. The zero-order valence-electron chi connectivity index (χ0n) is 11.0. The Hall–Kier alpha value is -1.52. The van der Waals surface area contributed by atoms with Gasteiger partial charge >= 0.3 is 0 Å². The van der Waals surface area contributed by atoms with E-state index < -0.39 is 0 Å². The molecule has 4 nitrogen and oxygen atoms in total. The summed E-state index contributed by atoms with van der Waals surface area (Å²) in [5.41, 5.74) is 7.64. The lowest BCUT2D eigenvalue weighted by Gasteiger charge is -2.09. The van der Waals surface area contributed by atoms with Crippen molar-refractivity contribution in [1.82, 2.24) is 9.78 Å². The fourth-order valence-corrected chi connectivity index (χ4v) is 2.21. The first-order valence-electron chi connectivity index (χ1n) is 6.28. The summed E-state index contributed by atoms with van der Waals surface area (Å²) in [7, 11) is 1.66. The number of hydrogen-bond acceptors (Lipinski definition) is 3. The summed E-state index contributed by atoms with van der Waals surface area (Å²) >= 11 is 6.16. The number of nitrogens with zero attached hydrogens (tertiary/aromatic N) is 2. The summed E-state index contributed by atoms with van der Waals surface area (Å²) in [6.07, 6.45) is 3.64. The first-order valence-corrected chi connectivity index (χ1v) is 6.66. The molecule has 1 heterocycles. The molecule has 2 aromatic rings. The monoisotopic (exact) mass is 279 g/mol. The molecule has 0 saturated heterocycles. The summed E-state index contributed by atoms with van der Waals surface area (Å²) in [5.74, 6) is 0.786. The van der Waals surface area contributed by atoms with Gasteiger partial charge in [-0.25, -0.2) is 4.68 Å². The highest BCUT2D eigenvalue weighted by molar-refractivity contribution is 6.31. The molecular formula is C14H18ClN3O. The van der Waals surface area contributed by atoms with Crippen molar-refractivity contribution in [3.63, 3.8) is 0 Å². The second kappa shape index (κ2) is 6.59. The molecule has 0 radical (unpaired) electrons. The fourth-order valence-electron chi connectivity index (χ4n) is 2.01. The number of halogens is 1. The Morgan fingerprint density at radius 2 is 2.11 bits per heavy atom. The molecule has 0 aliphatic heterocycles. The minimum Gasteiger partial charge on any atom is -0.481 e. The molecule has 19 heavy (non-hydrogen) atoms. The van der Waals surface area contributed by atoms with Crippen LogP contribution in [0, 0.1) is 0 Å². The van der Waals surface area contributed by atoms with Gasteiger partial charge in [0, 0.05) is 10.6 Å². The van der Waals surface area contributed by atoms with Gasteiger partial charge in [-0.3, -0.25) is 0 Å². The Morgan fingerprint density at radius 3 is 2.79 bits per heavy atom. The summed E-state index contributed by atoms with van der Waals surface area (Å²) in [4.78, 5) is 0. The molecule has 0 spiro atoms. The van der Waals surface area contributed by atoms with Crippen LogP contribution in [-0.4, -0.2) is 23.4 Å². The first-order chi connectivity index (χ1) is 9.26. The third kappa shape index (κ3) is 3.28. The Bertz CT molecular complexity index is 539. The smallest absolute Gasteiger partial charge is 0.215 e. The third-order valence-corrected chi connectivity index (χ3v) is 3.35.